The number of hydrogen-bond donors (Lipinski definition) is 1. The molecule has 3 heteroatoms. The number of aliphatic hydroxyl groups is 1. The molecule has 0 saturated heterocycles. The molecular formula is C11H11BrO2. The summed E-state index contributed by atoms with van der Waals surface area (Å²) in [5, 5.41) is 9.98. The van der Waals surface area contributed by atoms with Crippen LogP contribution in [-0.4, -0.2) is 11.7 Å². The van der Waals surface area contributed by atoms with Crippen LogP contribution in [-0.2, 0) is 6.42 Å². The molecule has 2 nitrogen and oxygen atoms in total. The van der Waals surface area contributed by atoms with Crippen molar-refractivity contribution in [1.82, 2.24) is 0 Å². The van der Waals surface area contributed by atoms with Gasteiger partial charge in [0, 0.05) is 11.8 Å². The summed E-state index contributed by atoms with van der Waals surface area (Å²) in [5.74, 6) is 0.870. The fourth-order valence-electron chi connectivity index (χ4n) is 1.60. The Kier molecular flexibility index (Phi) is 2.61. The summed E-state index contributed by atoms with van der Waals surface area (Å²) < 4.78 is 6.62. The monoisotopic (exact) mass is 254 g/mol. The SMILES string of the molecule is Cc1c(CCO)oc2c(Br)cccc12. The first-order valence-corrected chi connectivity index (χ1v) is 5.30. The van der Waals surface area contributed by atoms with E-state index >= 15 is 0 Å². The van der Waals surface area contributed by atoms with E-state index in [-0.39, 0.29) is 6.61 Å². The fraction of sp³-hybridized carbons (Fsp3) is 0.273. The van der Waals surface area contributed by atoms with Crippen LogP contribution in [0.3, 0.4) is 0 Å². The zero-order valence-electron chi connectivity index (χ0n) is 7.88. The number of benzene rings is 1. The highest BCUT2D eigenvalue weighted by Crippen LogP contribution is 2.30. The number of hydrogen-bond acceptors (Lipinski definition) is 2. The smallest absolute Gasteiger partial charge is 0.148 e. The molecule has 0 aliphatic heterocycles. The molecule has 2 rings (SSSR count). The maximum atomic E-state index is 8.87. The lowest BCUT2D eigenvalue weighted by molar-refractivity contribution is 0.289. The molecule has 0 aliphatic rings. The molecule has 2 aromatic rings. The van der Waals surface area contributed by atoms with Gasteiger partial charge in [-0.05, 0) is 34.5 Å². The Morgan fingerprint density at radius 3 is 2.86 bits per heavy atom. The van der Waals surface area contributed by atoms with E-state index in [0.29, 0.717) is 6.42 Å². The molecule has 74 valence electrons. The van der Waals surface area contributed by atoms with Gasteiger partial charge in [-0.2, -0.15) is 0 Å². The summed E-state index contributed by atoms with van der Waals surface area (Å²) in [4.78, 5) is 0. The second kappa shape index (κ2) is 3.75. The van der Waals surface area contributed by atoms with Gasteiger partial charge in [0.1, 0.15) is 11.3 Å². The highest BCUT2D eigenvalue weighted by atomic mass is 79.9. The number of aliphatic hydroxyl groups excluding tert-OH is 1. The lowest BCUT2D eigenvalue weighted by Gasteiger charge is -1.91. The third kappa shape index (κ3) is 1.47. The van der Waals surface area contributed by atoms with E-state index in [1.807, 2.05) is 25.1 Å². The van der Waals surface area contributed by atoms with Crippen LogP contribution < -0.4 is 0 Å². The quantitative estimate of drug-likeness (QED) is 0.894. The van der Waals surface area contributed by atoms with Crippen LogP contribution in [0.25, 0.3) is 11.0 Å². The molecule has 1 heterocycles. The molecular weight excluding hydrogens is 244 g/mol. The maximum absolute atomic E-state index is 8.87. The van der Waals surface area contributed by atoms with Crippen LogP contribution in [0.4, 0.5) is 0 Å². The van der Waals surface area contributed by atoms with E-state index in [1.165, 1.54) is 0 Å². The van der Waals surface area contributed by atoms with Crippen molar-refractivity contribution in [3.63, 3.8) is 0 Å². The second-order valence-electron chi connectivity index (χ2n) is 3.24. The maximum Gasteiger partial charge on any atom is 0.148 e. The Labute approximate surface area is 90.7 Å². The summed E-state index contributed by atoms with van der Waals surface area (Å²) in [7, 11) is 0. The van der Waals surface area contributed by atoms with E-state index in [2.05, 4.69) is 15.9 Å². The average Bonchev–Trinajstić information content (AvgIpc) is 2.48. The lowest BCUT2D eigenvalue weighted by Crippen LogP contribution is -1.89. The van der Waals surface area contributed by atoms with E-state index in [9.17, 15) is 0 Å². The number of furan rings is 1. The van der Waals surface area contributed by atoms with Gasteiger partial charge >= 0.3 is 0 Å². The summed E-state index contributed by atoms with van der Waals surface area (Å²) >= 11 is 3.44. The molecule has 0 spiro atoms. The summed E-state index contributed by atoms with van der Waals surface area (Å²) in [6, 6.07) is 5.96. The van der Waals surface area contributed by atoms with Gasteiger partial charge in [-0.25, -0.2) is 0 Å². The van der Waals surface area contributed by atoms with Crippen molar-refractivity contribution in [3.05, 3.63) is 34.0 Å². The van der Waals surface area contributed by atoms with Crippen LogP contribution in [0.2, 0.25) is 0 Å². The first kappa shape index (κ1) is 9.74. The molecule has 0 atom stereocenters. The Morgan fingerprint density at radius 2 is 2.21 bits per heavy atom. The van der Waals surface area contributed by atoms with E-state index in [1.54, 1.807) is 0 Å². The molecule has 0 fully saturated rings. The third-order valence-corrected chi connectivity index (χ3v) is 2.98. The minimum atomic E-state index is 0.123. The molecule has 0 bridgehead atoms. The normalized spacial score (nSPS) is 11.1. The molecule has 0 radical (unpaired) electrons. The molecule has 0 aliphatic carbocycles. The Bertz CT molecular complexity index is 460. The van der Waals surface area contributed by atoms with Gasteiger partial charge in [-0.15, -0.1) is 0 Å². The number of fused-ring (bicyclic) bond motifs is 1. The van der Waals surface area contributed by atoms with Gasteiger partial charge in [-0.1, -0.05) is 12.1 Å². The lowest BCUT2D eigenvalue weighted by atomic mass is 10.1. The predicted molar refractivity (Wildman–Crippen MR) is 59.4 cm³/mol. The van der Waals surface area contributed by atoms with Gasteiger partial charge in [0.2, 0.25) is 0 Å². The van der Waals surface area contributed by atoms with Gasteiger partial charge in [0.25, 0.3) is 0 Å². The highest BCUT2D eigenvalue weighted by molar-refractivity contribution is 9.10. The van der Waals surface area contributed by atoms with E-state index in [4.69, 9.17) is 9.52 Å². The topological polar surface area (TPSA) is 33.4 Å². The van der Waals surface area contributed by atoms with Crippen LogP contribution in [0.5, 0.6) is 0 Å². The van der Waals surface area contributed by atoms with Crippen LogP contribution >= 0.6 is 15.9 Å². The van der Waals surface area contributed by atoms with Crippen molar-refractivity contribution in [2.45, 2.75) is 13.3 Å². The van der Waals surface area contributed by atoms with Gasteiger partial charge in [-0.3, -0.25) is 0 Å². The fourth-order valence-corrected chi connectivity index (χ4v) is 2.05. The van der Waals surface area contributed by atoms with Crippen LogP contribution in [0.15, 0.2) is 27.1 Å². The van der Waals surface area contributed by atoms with E-state index < -0.39 is 0 Å². The highest BCUT2D eigenvalue weighted by Gasteiger charge is 2.11. The van der Waals surface area contributed by atoms with Gasteiger partial charge in [0.05, 0.1) is 11.1 Å². The largest absolute Gasteiger partial charge is 0.460 e. The molecule has 0 amide bonds. The zero-order chi connectivity index (χ0) is 10.1. The minimum absolute atomic E-state index is 0.123. The summed E-state index contributed by atoms with van der Waals surface area (Å²) in [6.07, 6.45) is 0.576. The molecule has 14 heavy (non-hydrogen) atoms. The summed E-state index contributed by atoms with van der Waals surface area (Å²) in [6.45, 7) is 2.14. The van der Waals surface area contributed by atoms with Gasteiger partial charge in [0.15, 0.2) is 0 Å². The van der Waals surface area contributed by atoms with Crippen molar-refractivity contribution < 1.29 is 9.52 Å². The Hall–Kier alpha value is -0.800. The summed E-state index contributed by atoms with van der Waals surface area (Å²) in [5.41, 5.74) is 1.99. The third-order valence-electron chi connectivity index (χ3n) is 2.35. The van der Waals surface area contributed by atoms with Crippen LogP contribution in [0, 0.1) is 6.92 Å². The standard InChI is InChI=1S/C11H11BrO2/c1-7-8-3-2-4-9(12)11(8)14-10(7)5-6-13/h2-4,13H,5-6H2,1H3. The first-order chi connectivity index (χ1) is 6.74. The first-order valence-electron chi connectivity index (χ1n) is 4.51. The van der Waals surface area contributed by atoms with Crippen molar-refractivity contribution in [3.8, 4) is 0 Å². The van der Waals surface area contributed by atoms with Gasteiger partial charge < -0.3 is 9.52 Å². The number of halogens is 1. The molecule has 1 N–H and O–H groups in total. The molecule has 1 aromatic carbocycles. The van der Waals surface area contributed by atoms with Crippen molar-refractivity contribution in [2.24, 2.45) is 0 Å². The zero-order valence-corrected chi connectivity index (χ0v) is 9.47. The molecule has 0 saturated carbocycles. The predicted octanol–water partition coefficient (Wildman–Crippen LogP) is 3.04. The second-order valence-corrected chi connectivity index (χ2v) is 4.09. The number of para-hydroxylation sites is 1. The van der Waals surface area contributed by atoms with Crippen LogP contribution in [0.1, 0.15) is 11.3 Å². The van der Waals surface area contributed by atoms with Crippen molar-refractivity contribution in [2.75, 3.05) is 6.61 Å². The van der Waals surface area contributed by atoms with Crippen molar-refractivity contribution in [1.29, 1.82) is 0 Å². The molecule has 1 aromatic heterocycles. The Morgan fingerprint density at radius 1 is 1.43 bits per heavy atom. The molecule has 0 unspecified atom stereocenters. The number of rotatable bonds is 2. The minimum Gasteiger partial charge on any atom is -0.460 e. The number of aryl methyl sites for hydroxylation is 1. The van der Waals surface area contributed by atoms with E-state index in [0.717, 1.165) is 26.8 Å². The Balaban J connectivity index is 2.67. The average molecular weight is 255 g/mol. The van der Waals surface area contributed by atoms with Crippen molar-refractivity contribution >= 4 is 26.9 Å².